The summed E-state index contributed by atoms with van der Waals surface area (Å²) in [6.07, 6.45) is 3.93. The van der Waals surface area contributed by atoms with Crippen LogP contribution in [0.2, 0.25) is 0 Å². The van der Waals surface area contributed by atoms with Gasteiger partial charge in [0.05, 0.1) is 0 Å². The van der Waals surface area contributed by atoms with Crippen LogP contribution in [0.1, 0.15) is 38.0 Å². The number of thiophene rings is 1. The Labute approximate surface area is 110 Å². The summed E-state index contributed by atoms with van der Waals surface area (Å²) >= 11 is 1.85. The number of hydrogen-bond acceptors (Lipinski definition) is 3. The Morgan fingerprint density at radius 2 is 2.12 bits per heavy atom. The molecule has 0 aliphatic rings. The quantitative estimate of drug-likeness (QED) is 0.680. The molecule has 1 aromatic rings. The van der Waals surface area contributed by atoms with E-state index in [1.807, 2.05) is 11.3 Å². The van der Waals surface area contributed by atoms with E-state index in [1.165, 1.54) is 30.7 Å². The fraction of sp³-hybridized carbons (Fsp3) is 0.714. The first kappa shape index (κ1) is 14.7. The Balaban J connectivity index is 1.95. The van der Waals surface area contributed by atoms with Gasteiger partial charge in [-0.25, -0.2) is 0 Å². The summed E-state index contributed by atoms with van der Waals surface area (Å²) < 4.78 is 0. The van der Waals surface area contributed by atoms with Crippen molar-refractivity contribution in [1.29, 1.82) is 0 Å². The standard InChI is InChI=1S/C14H26N2S/c1-13(2)15-9-5-4-6-10-16(3)12-14-8-7-11-17-14/h7-8,11,13,15H,4-6,9-10,12H2,1-3H3. The maximum Gasteiger partial charge on any atom is 0.0324 e. The second kappa shape index (κ2) is 8.67. The first-order valence-corrected chi connectivity index (χ1v) is 7.50. The van der Waals surface area contributed by atoms with Gasteiger partial charge < -0.3 is 10.2 Å². The number of nitrogens with one attached hydrogen (secondary N) is 1. The number of nitrogens with zero attached hydrogens (tertiary/aromatic N) is 1. The Bertz CT molecular complexity index is 270. The molecule has 0 radical (unpaired) electrons. The first-order chi connectivity index (χ1) is 8.18. The van der Waals surface area contributed by atoms with Gasteiger partial charge in [0.1, 0.15) is 0 Å². The topological polar surface area (TPSA) is 15.3 Å². The zero-order valence-corrected chi connectivity index (χ0v) is 12.2. The van der Waals surface area contributed by atoms with E-state index in [1.54, 1.807) is 0 Å². The third kappa shape index (κ3) is 7.53. The van der Waals surface area contributed by atoms with Gasteiger partial charge >= 0.3 is 0 Å². The highest BCUT2D eigenvalue weighted by Crippen LogP contribution is 2.11. The SMILES string of the molecule is CC(C)NCCCCCN(C)Cc1cccs1. The third-order valence-electron chi connectivity index (χ3n) is 2.78. The Morgan fingerprint density at radius 1 is 1.29 bits per heavy atom. The molecule has 0 spiro atoms. The van der Waals surface area contributed by atoms with Gasteiger partial charge in [-0.15, -0.1) is 11.3 Å². The normalized spacial score (nSPS) is 11.6. The number of unbranched alkanes of at least 4 members (excludes halogenated alkanes) is 2. The molecule has 1 rings (SSSR count). The van der Waals surface area contributed by atoms with Crippen molar-refractivity contribution in [1.82, 2.24) is 10.2 Å². The van der Waals surface area contributed by atoms with Gasteiger partial charge in [0.25, 0.3) is 0 Å². The maximum absolute atomic E-state index is 3.46. The molecule has 17 heavy (non-hydrogen) atoms. The van der Waals surface area contributed by atoms with Crippen molar-refractivity contribution in [3.63, 3.8) is 0 Å². The molecule has 1 heterocycles. The first-order valence-electron chi connectivity index (χ1n) is 6.63. The number of rotatable bonds is 9. The van der Waals surface area contributed by atoms with Crippen LogP contribution in [0.4, 0.5) is 0 Å². The largest absolute Gasteiger partial charge is 0.315 e. The van der Waals surface area contributed by atoms with Crippen LogP contribution in [-0.2, 0) is 6.54 Å². The lowest BCUT2D eigenvalue weighted by atomic mass is 10.2. The van der Waals surface area contributed by atoms with E-state index in [2.05, 4.69) is 48.6 Å². The van der Waals surface area contributed by atoms with Crippen LogP contribution in [0.25, 0.3) is 0 Å². The van der Waals surface area contributed by atoms with Crippen molar-refractivity contribution >= 4 is 11.3 Å². The predicted molar refractivity (Wildman–Crippen MR) is 77.6 cm³/mol. The molecular formula is C14H26N2S. The molecule has 0 saturated carbocycles. The third-order valence-corrected chi connectivity index (χ3v) is 3.64. The minimum Gasteiger partial charge on any atom is -0.315 e. The van der Waals surface area contributed by atoms with Gasteiger partial charge in [0.15, 0.2) is 0 Å². The molecule has 1 N–H and O–H groups in total. The zero-order chi connectivity index (χ0) is 12.5. The van der Waals surface area contributed by atoms with Crippen LogP contribution in [0.15, 0.2) is 17.5 Å². The van der Waals surface area contributed by atoms with Crippen molar-refractivity contribution in [3.05, 3.63) is 22.4 Å². The highest BCUT2D eigenvalue weighted by molar-refractivity contribution is 7.09. The van der Waals surface area contributed by atoms with Crippen LogP contribution >= 0.6 is 11.3 Å². The molecule has 0 bridgehead atoms. The maximum atomic E-state index is 3.46. The molecule has 0 fully saturated rings. The summed E-state index contributed by atoms with van der Waals surface area (Å²) in [6.45, 7) is 7.87. The molecule has 0 aliphatic carbocycles. The van der Waals surface area contributed by atoms with Crippen LogP contribution in [0, 0.1) is 0 Å². The molecule has 3 heteroatoms. The van der Waals surface area contributed by atoms with Gasteiger partial charge in [-0.1, -0.05) is 26.3 Å². The number of hydrogen-bond donors (Lipinski definition) is 1. The molecule has 0 atom stereocenters. The summed E-state index contributed by atoms with van der Waals surface area (Å²) in [5.41, 5.74) is 0. The van der Waals surface area contributed by atoms with Crippen molar-refractivity contribution in [2.45, 2.75) is 45.7 Å². The Kier molecular flexibility index (Phi) is 7.49. The van der Waals surface area contributed by atoms with Crippen molar-refractivity contribution in [3.8, 4) is 0 Å². The lowest BCUT2D eigenvalue weighted by Gasteiger charge is -2.15. The smallest absolute Gasteiger partial charge is 0.0324 e. The summed E-state index contributed by atoms with van der Waals surface area (Å²) in [6, 6.07) is 4.97. The fourth-order valence-electron chi connectivity index (χ4n) is 1.82. The molecule has 2 nitrogen and oxygen atoms in total. The van der Waals surface area contributed by atoms with Crippen LogP contribution in [-0.4, -0.2) is 31.1 Å². The molecule has 0 unspecified atom stereocenters. The summed E-state index contributed by atoms with van der Waals surface area (Å²) in [5, 5.41) is 5.61. The zero-order valence-electron chi connectivity index (χ0n) is 11.4. The van der Waals surface area contributed by atoms with E-state index in [4.69, 9.17) is 0 Å². The summed E-state index contributed by atoms with van der Waals surface area (Å²) in [7, 11) is 2.21. The second-order valence-corrected chi connectivity index (χ2v) is 6.02. The lowest BCUT2D eigenvalue weighted by molar-refractivity contribution is 0.319. The van der Waals surface area contributed by atoms with Gasteiger partial charge in [-0.3, -0.25) is 0 Å². The minimum absolute atomic E-state index is 0.622. The van der Waals surface area contributed by atoms with E-state index in [0.29, 0.717) is 6.04 Å². The monoisotopic (exact) mass is 254 g/mol. The van der Waals surface area contributed by atoms with Crippen molar-refractivity contribution < 1.29 is 0 Å². The molecular weight excluding hydrogens is 228 g/mol. The molecule has 98 valence electrons. The molecule has 0 saturated heterocycles. The second-order valence-electron chi connectivity index (χ2n) is 4.99. The van der Waals surface area contributed by atoms with E-state index in [-0.39, 0.29) is 0 Å². The average Bonchev–Trinajstić information content (AvgIpc) is 2.75. The molecule has 1 aromatic heterocycles. The van der Waals surface area contributed by atoms with Gasteiger partial charge in [0.2, 0.25) is 0 Å². The van der Waals surface area contributed by atoms with Crippen LogP contribution in [0.5, 0.6) is 0 Å². The minimum atomic E-state index is 0.622. The predicted octanol–water partition coefficient (Wildman–Crippen LogP) is 3.35. The Morgan fingerprint density at radius 3 is 2.76 bits per heavy atom. The van der Waals surface area contributed by atoms with Gasteiger partial charge in [-0.2, -0.15) is 0 Å². The summed E-state index contributed by atoms with van der Waals surface area (Å²) in [5.74, 6) is 0. The van der Waals surface area contributed by atoms with Gasteiger partial charge in [0, 0.05) is 17.5 Å². The highest BCUT2D eigenvalue weighted by Gasteiger charge is 2.00. The van der Waals surface area contributed by atoms with E-state index in [9.17, 15) is 0 Å². The average molecular weight is 254 g/mol. The van der Waals surface area contributed by atoms with Gasteiger partial charge in [-0.05, 0) is 44.4 Å². The summed E-state index contributed by atoms with van der Waals surface area (Å²) in [4.78, 5) is 3.89. The lowest BCUT2D eigenvalue weighted by Crippen LogP contribution is -2.24. The fourth-order valence-corrected chi connectivity index (χ4v) is 2.61. The van der Waals surface area contributed by atoms with E-state index in [0.717, 1.165) is 13.1 Å². The van der Waals surface area contributed by atoms with Crippen molar-refractivity contribution in [2.75, 3.05) is 20.1 Å². The van der Waals surface area contributed by atoms with Crippen molar-refractivity contribution in [2.24, 2.45) is 0 Å². The molecule has 0 amide bonds. The van der Waals surface area contributed by atoms with E-state index >= 15 is 0 Å². The Hall–Kier alpha value is -0.380. The van der Waals surface area contributed by atoms with E-state index < -0.39 is 0 Å². The molecule has 0 aliphatic heterocycles. The highest BCUT2D eigenvalue weighted by atomic mass is 32.1. The van der Waals surface area contributed by atoms with Crippen LogP contribution < -0.4 is 5.32 Å². The van der Waals surface area contributed by atoms with Crippen LogP contribution in [0.3, 0.4) is 0 Å². The molecule has 0 aromatic carbocycles.